The first kappa shape index (κ1) is 13.5. The van der Waals surface area contributed by atoms with Crippen molar-refractivity contribution in [2.75, 3.05) is 0 Å². The Bertz CT molecular complexity index is 549. The molecule has 2 aromatic rings. The summed E-state index contributed by atoms with van der Waals surface area (Å²) in [5.41, 5.74) is -0.789. The van der Waals surface area contributed by atoms with Crippen LogP contribution in [0.5, 0.6) is 0 Å². The van der Waals surface area contributed by atoms with E-state index in [2.05, 4.69) is 10.1 Å². The summed E-state index contributed by atoms with van der Waals surface area (Å²) in [6.45, 7) is 0.294. The SMILES string of the molecule is CC(O)(c1ccncc1)c1ccn(CC(F)(F)F)n1. The molecule has 0 radical (unpaired) electrons. The highest BCUT2D eigenvalue weighted by atomic mass is 19.4. The average Bonchev–Trinajstić information content (AvgIpc) is 2.77. The van der Waals surface area contributed by atoms with Gasteiger partial charge in [0, 0.05) is 18.6 Å². The molecule has 2 heterocycles. The van der Waals surface area contributed by atoms with Crippen molar-refractivity contribution in [1.82, 2.24) is 14.8 Å². The Kier molecular flexibility index (Phi) is 3.32. The minimum Gasteiger partial charge on any atom is -0.379 e. The molecule has 0 saturated heterocycles. The zero-order valence-corrected chi connectivity index (χ0v) is 10.1. The fourth-order valence-corrected chi connectivity index (χ4v) is 1.72. The summed E-state index contributed by atoms with van der Waals surface area (Å²) < 4.78 is 37.5. The molecule has 2 rings (SSSR count). The van der Waals surface area contributed by atoms with Gasteiger partial charge in [-0.1, -0.05) is 0 Å². The van der Waals surface area contributed by atoms with E-state index in [1.807, 2.05) is 0 Å². The minimum absolute atomic E-state index is 0.156. The molecular formula is C12H12F3N3O. The van der Waals surface area contributed by atoms with Gasteiger partial charge in [-0.2, -0.15) is 18.3 Å². The van der Waals surface area contributed by atoms with Gasteiger partial charge in [-0.15, -0.1) is 0 Å². The van der Waals surface area contributed by atoms with E-state index in [0.717, 1.165) is 4.68 Å². The minimum atomic E-state index is -4.34. The monoisotopic (exact) mass is 271 g/mol. The fourth-order valence-electron chi connectivity index (χ4n) is 1.72. The lowest BCUT2D eigenvalue weighted by Crippen LogP contribution is -2.25. The van der Waals surface area contributed by atoms with E-state index in [0.29, 0.717) is 5.56 Å². The molecule has 2 aromatic heterocycles. The Morgan fingerprint density at radius 1 is 1.21 bits per heavy atom. The number of pyridine rings is 1. The average molecular weight is 271 g/mol. The number of halogens is 3. The molecule has 1 atom stereocenters. The summed E-state index contributed by atoms with van der Waals surface area (Å²) in [7, 11) is 0. The lowest BCUT2D eigenvalue weighted by molar-refractivity contribution is -0.142. The topological polar surface area (TPSA) is 50.9 Å². The van der Waals surface area contributed by atoms with Crippen LogP contribution in [0.25, 0.3) is 0 Å². The molecule has 19 heavy (non-hydrogen) atoms. The molecule has 0 aliphatic rings. The van der Waals surface area contributed by atoms with Crippen LogP contribution in [-0.4, -0.2) is 26.0 Å². The first-order chi connectivity index (χ1) is 8.79. The third-order valence-electron chi connectivity index (χ3n) is 2.72. The Hall–Kier alpha value is -1.89. The number of hydrogen-bond donors (Lipinski definition) is 1. The van der Waals surface area contributed by atoms with Gasteiger partial charge in [0.1, 0.15) is 12.1 Å². The van der Waals surface area contributed by atoms with Gasteiger partial charge >= 0.3 is 6.18 Å². The van der Waals surface area contributed by atoms with Gasteiger partial charge in [0.25, 0.3) is 0 Å². The summed E-state index contributed by atoms with van der Waals surface area (Å²) in [6.07, 6.45) is -0.155. The van der Waals surface area contributed by atoms with Crippen LogP contribution in [0.1, 0.15) is 18.2 Å². The van der Waals surface area contributed by atoms with Crippen molar-refractivity contribution in [3.63, 3.8) is 0 Å². The fraction of sp³-hybridized carbons (Fsp3) is 0.333. The van der Waals surface area contributed by atoms with Crippen LogP contribution in [-0.2, 0) is 12.1 Å². The van der Waals surface area contributed by atoms with E-state index in [1.165, 1.54) is 31.6 Å². The largest absolute Gasteiger partial charge is 0.408 e. The highest BCUT2D eigenvalue weighted by molar-refractivity contribution is 5.28. The molecule has 0 aromatic carbocycles. The lowest BCUT2D eigenvalue weighted by Gasteiger charge is -2.21. The van der Waals surface area contributed by atoms with Crippen LogP contribution in [0.4, 0.5) is 13.2 Å². The first-order valence-electron chi connectivity index (χ1n) is 5.52. The van der Waals surface area contributed by atoms with Crippen LogP contribution < -0.4 is 0 Å². The Morgan fingerprint density at radius 3 is 2.42 bits per heavy atom. The molecule has 0 bridgehead atoms. The van der Waals surface area contributed by atoms with Crippen molar-refractivity contribution in [2.45, 2.75) is 25.2 Å². The summed E-state index contributed by atoms with van der Waals surface area (Å²) in [5.74, 6) is 0. The maximum atomic E-state index is 12.2. The van der Waals surface area contributed by atoms with Gasteiger partial charge in [-0.3, -0.25) is 9.67 Å². The zero-order chi connectivity index (χ0) is 14.1. The number of alkyl halides is 3. The summed E-state index contributed by atoms with van der Waals surface area (Å²) in [5, 5.41) is 14.2. The first-order valence-corrected chi connectivity index (χ1v) is 5.52. The van der Waals surface area contributed by atoms with Gasteiger partial charge in [-0.25, -0.2) is 0 Å². The van der Waals surface area contributed by atoms with Gasteiger partial charge in [0.2, 0.25) is 0 Å². The summed E-state index contributed by atoms with van der Waals surface area (Å²) in [6, 6.07) is 4.54. The molecule has 0 fully saturated rings. The van der Waals surface area contributed by atoms with Crippen molar-refractivity contribution in [3.05, 3.63) is 48.0 Å². The van der Waals surface area contributed by atoms with E-state index < -0.39 is 18.3 Å². The van der Waals surface area contributed by atoms with E-state index in [9.17, 15) is 18.3 Å². The Balaban J connectivity index is 2.27. The second-order valence-electron chi connectivity index (χ2n) is 4.32. The van der Waals surface area contributed by atoms with E-state index in [1.54, 1.807) is 12.1 Å². The predicted octanol–water partition coefficient (Wildman–Crippen LogP) is 2.10. The molecule has 4 nitrogen and oxygen atoms in total. The normalized spacial score (nSPS) is 15.2. The maximum absolute atomic E-state index is 12.2. The summed E-state index contributed by atoms with van der Waals surface area (Å²) >= 11 is 0. The molecular weight excluding hydrogens is 259 g/mol. The van der Waals surface area contributed by atoms with Crippen LogP contribution >= 0.6 is 0 Å². The third-order valence-corrected chi connectivity index (χ3v) is 2.72. The van der Waals surface area contributed by atoms with Crippen LogP contribution in [0, 0.1) is 0 Å². The van der Waals surface area contributed by atoms with E-state index in [-0.39, 0.29) is 5.69 Å². The van der Waals surface area contributed by atoms with Crippen LogP contribution in [0.15, 0.2) is 36.8 Å². The Morgan fingerprint density at radius 2 is 1.84 bits per heavy atom. The van der Waals surface area contributed by atoms with Crippen LogP contribution in [0.2, 0.25) is 0 Å². The Labute approximate surface area is 107 Å². The number of aliphatic hydroxyl groups is 1. The molecule has 0 spiro atoms. The molecule has 0 saturated carbocycles. The molecule has 102 valence electrons. The highest BCUT2D eigenvalue weighted by Gasteiger charge is 2.31. The van der Waals surface area contributed by atoms with Gasteiger partial charge in [0.15, 0.2) is 0 Å². The smallest absolute Gasteiger partial charge is 0.379 e. The maximum Gasteiger partial charge on any atom is 0.408 e. The predicted molar refractivity (Wildman–Crippen MR) is 61.2 cm³/mol. The third kappa shape index (κ3) is 3.11. The molecule has 1 unspecified atom stereocenters. The van der Waals surface area contributed by atoms with Crippen molar-refractivity contribution < 1.29 is 18.3 Å². The van der Waals surface area contributed by atoms with Gasteiger partial charge in [0.05, 0.1) is 5.69 Å². The van der Waals surface area contributed by atoms with Gasteiger partial charge < -0.3 is 5.11 Å². The van der Waals surface area contributed by atoms with Crippen molar-refractivity contribution in [1.29, 1.82) is 0 Å². The zero-order valence-electron chi connectivity index (χ0n) is 10.1. The molecule has 0 amide bonds. The van der Waals surface area contributed by atoms with E-state index in [4.69, 9.17) is 0 Å². The van der Waals surface area contributed by atoms with E-state index >= 15 is 0 Å². The quantitative estimate of drug-likeness (QED) is 0.930. The van der Waals surface area contributed by atoms with Crippen molar-refractivity contribution >= 4 is 0 Å². The second kappa shape index (κ2) is 4.65. The lowest BCUT2D eigenvalue weighted by atomic mass is 9.94. The number of rotatable bonds is 3. The molecule has 0 aliphatic carbocycles. The van der Waals surface area contributed by atoms with Gasteiger partial charge in [-0.05, 0) is 30.7 Å². The highest BCUT2D eigenvalue weighted by Crippen LogP contribution is 2.27. The van der Waals surface area contributed by atoms with Crippen molar-refractivity contribution in [3.8, 4) is 0 Å². The molecule has 1 N–H and O–H groups in total. The number of aromatic nitrogens is 3. The number of nitrogens with zero attached hydrogens (tertiary/aromatic N) is 3. The second-order valence-corrected chi connectivity index (χ2v) is 4.32. The number of hydrogen-bond acceptors (Lipinski definition) is 3. The molecule has 0 aliphatic heterocycles. The van der Waals surface area contributed by atoms with Crippen molar-refractivity contribution in [2.24, 2.45) is 0 Å². The molecule has 7 heteroatoms. The van der Waals surface area contributed by atoms with Crippen LogP contribution in [0.3, 0.4) is 0 Å². The summed E-state index contributed by atoms with van der Waals surface area (Å²) in [4.78, 5) is 3.82. The standard InChI is InChI=1S/C12H12F3N3O/c1-11(19,9-2-5-16-6-3-9)10-4-7-18(17-10)8-12(13,14)15/h2-7,19H,8H2,1H3.